The van der Waals surface area contributed by atoms with Crippen LogP contribution in [-0.4, -0.2) is 28.3 Å². The molecule has 2 heterocycles. The quantitative estimate of drug-likeness (QED) is 0.770. The Labute approximate surface area is 89.3 Å². The normalized spacial score (nSPS) is 9.93. The van der Waals surface area contributed by atoms with Gasteiger partial charge >= 0.3 is 5.97 Å². The second-order valence-electron chi connectivity index (χ2n) is 2.63. The van der Waals surface area contributed by atoms with Crippen LogP contribution in [0, 0.1) is 0 Å². The molecular weight excluding hydrogens is 216 g/mol. The van der Waals surface area contributed by atoms with Crippen LogP contribution in [0.3, 0.4) is 0 Å². The van der Waals surface area contributed by atoms with Gasteiger partial charge in [0.2, 0.25) is 0 Å². The molecule has 0 saturated heterocycles. The van der Waals surface area contributed by atoms with Crippen LogP contribution in [0.1, 0.15) is 9.67 Å². The summed E-state index contributed by atoms with van der Waals surface area (Å²) in [5.74, 6) is -0.382. The molecule has 2 rings (SSSR count). The maximum absolute atomic E-state index is 11.1. The number of anilines is 2. The van der Waals surface area contributed by atoms with Crippen LogP contribution in [0.4, 0.5) is 10.8 Å². The fourth-order valence-corrected chi connectivity index (χ4v) is 1.72. The summed E-state index contributed by atoms with van der Waals surface area (Å²) in [4.78, 5) is 15.6. The van der Waals surface area contributed by atoms with Crippen molar-refractivity contribution < 1.29 is 9.53 Å². The molecule has 0 aliphatic carbocycles. The molecule has 0 saturated carbocycles. The van der Waals surface area contributed by atoms with Crippen molar-refractivity contribution in [3.05, 3.63) is 23.5 Å². The van der Waals surface area contributed by atoms with E-state index in [2.05, 4.69) is 25.2 Å². The Morgan fingerprint density at radius 3 is 3.13 bits per heavy atom. The smallest absolute Gasteiger partial charge is 0.349 e. The van der Waals surface area contributed by atoms with Gasteiger partial charge in [0.25, 0.3) is 0 Å². The van der Waals surface area contributed by atoms with E-state index in [1.54, 1.807) is 12.4 Å². The fraction of sp³-hybridized carbons (Fsp3) is 0.125. The molecule has 15 heavy (non-hydrogen) atoms. The topological polar surface area (TPSA) is 79.9 Å². The summed E-state index contributed by atoms with van der Waals surface area (Å²) >= 11 is 1.23. The van der Waals surface area contributed by atoms with Crippen LogP contribution in [0.15, 0.2) is 18.6 Å². The zero-order valence-electron chi connectivity index (χ0n) is 7.85. The molecule has 7 heteroatoms. The van der Waals surface area contributed by atoms with Gasteiger partial charge < -0.3 is 10.1 Å². The average Bonchev–Trinajstić information content (AvgIpc) is 2.88. The molecule has 2 aromatic rings. The van der Waals surface area contributed by atoms with Gasteiger partial charge in [-0.15, -0.1) is 0 Å². The third-order valence-electron chi connectivity index (χ3n) is 1.64. The maximum atomic E-state index is 11.1. The Morgan fingerprint density at radius 1 is 1.60 bits per heavy atom. The van der Waals surface area contributed by atoms with E-state index < -0.39 is 0 Å². The number of carbonyl (C=O) groups excluding carboxylic acids is 1. The molecule has 0 unspecified atom stereocenters. The number of H-pyrrole nitrogens is 1. The predicted molar refractivity (Wildman–Crippen MR) is 55.3 cm³/mol. The van der Waals surface area contributed by atoms with E-state index in [0.717, 1.165) is 5.69 Å². The number of carbonyl (C=O) groups is 1. The zero-order valence-corrected chi connectivity index (χ0v) is 8.67. The maximum Gasteiger partial charge on any atom is 0.349 e. The van der Waals surface area contributed by atoms with Crippen LogP contribution < -0.4 is 5.32 Å². The number of hydrogen-bond acceptors (Lipinski definition) is 6. The van der Waals surface area contributed by atoms with E-state index in [1.165, 1.54) is 24.6 Å². The lowest BCUT2D eigenvalue weighted by Crippen LogP contribution is -1.96. The van der Waals surface area contributed by atoms with E-state index in [-0.39, 0.29) is 5.97 Å². The van der Waals surface area contributed by atoms with Crippen LogP contribution in [-0.2, 0) is 4.74 Å². The Kier molecular flexibility index (Phi) is 2.64. The summed E-state index contributed by atoms with van der Waals surface area (Å²) < 4.78 is 4.57. The number of rotatable bonds is 3. The fourth-order valence-electron chi connectivity index (χ4n) is 0.970. The number of nitrogens with one attached hydrogen (secondary N) is 2. The van der Waals surface area contributed by atoms with Gasteiger partial charge in [0.1, 0.15) is 4.88 Å². The number of ether oxygens (including phenoxy) is 1. The first kappa shape index (κ1) is 9.66. The van der Waals surface area contributed by atoms with Gasteiger partial charge in [0, 0.05) is 6.20 Å². The zero-order chi connectivity index (χ0) is 10.7. The first-order valence-corrected chi connectivity index (χ1v) is 4.91. The minimum atomic E-state index is -0.382. The van der Waals surface area contributed by atoms with Gasteiger partial charge in [0.15, 0.2) is 5.13 Å². The number of nitrogens with zero attached hydrogens (tertiary/aromatic N) is 2. The number of methoxy groups -OCH3 is 1. The molecule has 0 aliphatic rings. The third-order valence-corrected chi connectivity index (χ3v) is 2.53. The van der Waals surface area contributed by atoms with Crippen LogP contribution in [0.25, 0.3) is 0 Å². The standard InChI is InChI=1S/C8H8N4O2S/c1-14-7(13)6-4-9-8(15-6)12-5-2-10-11-3-5/h2-4H,1H3,(H,9,12)(H,10,11). The monoisotopic (exact) mass is 224 g/mol. The highest BCUT2D eigenvalue weighted by Crippen LogP contribution is 2.22. The molecular formula is C8H8N4O2S. The summed E-state index contributed by atoms with van der Waals surface area (Å²) in [6.45, 7) is 0. The van der Waals surface area contributed by atoms with Gasteiger partial charge in [0.05, 0.1) is 25.2 Å². The van der Waals surface area contributed by atoms with Crippen molar-refractivity contribution >= 4 is 28.1 Å². The highest BCUT2D eigenvalue weighted by atomic mass is 32.1. The predicted octanol–water partition coefficient (Wildman–Crippen LogP) is 1.40. The highest BCUT2D eigenvalue weighted by Gasteiger charge is 2.10. The van der Waals surface area contributed by atoms with Gasteiger partial charge in [-0.3, -0.25) is 5.10 Å². The number of hydrogen-bond donors (Lipinski definition) is 2. The second kappa shape index (κ2) is 4.09. The average molecular weight is 224 g/mol. The third kappa shape index (κ3) is 2.13. The molecule has 2 aromatic heterocycles. The lowest BCUT2D eigenvalue weighted by Gasteiger charge is -1.95. The number of aromatic amines is 1. The van der Waals surface area contributed by atoms with Crippen molar-refractivity contribution in [3.63, 3.8) is 0 Å². The van der Waals surface area contributed by atoms with E-state index in [4.69, 9.17) is 0 Å². The minimum Gasteiger partial charge on any atom is -0.465 e. The van der Waals surface area contributed by atoms with E-state index in [1.807, 2.05) is 0 Å². The summed E-state index contributed by atoms with van der Waals surface area (Å²) in [6, 6.07) is 0. The number of aromatic nitrogens is 3. The van der Waals surface area contributed by atoms with E-state index in [9.17, 15) is 4.79 Å². The SMILES string of the molecule is COC(=O)c1cnc(Nc2cn[nH]c2)s1. The van der Waals surface area contributed by atoms with Crippen molar-refractivity contribution in [1.29, 1.82) is 0 Å². The molecule has 6 nitrogen and oxygen atoms in total. The molecule has 0 spiro atoms. The number of thiazole rings is 1. The van der Waals surface area contributed by atoms with Crippen molar-refractivity contribution in [2.75, 3.05) is 12.4 Å². The molecule has 0 atom stereocenters. The van der Waals surface area contributed by atoms with Crippen molar-refractivity contribution in [3.8, 4) is 0 Å². The van der Waals surface area contributed by atoms with Gasteiger partial charge in [-0.25, -0.2) is 9.78 Å². The summed E-state index contributed by atoms with van der Waals surface area (Å²) in [7, 11) is 1.34. The Bertz CT molecular complexity index is 451. The van der Waals surface area contributed by atoms with Crippen molar-refractivity contribution in [2.45, 2.75) is 0 Å². The number of esters is 1. The second-order valence-corrected chi connectivity index (χ2v) is 3.66. The van der Waals surface area contributed by atoms with Gasteiger partial charge in [-0.05, 0) is 0 Å². The van der Waals surface area contributed by atoms with E-state index in [0.29, 0.717) is 10.0 Å². The first-order chi connectivity index (χ1) is 7.29. The van der Waals surface area contributed by atoms with Gasteiger partial charge in [-0.1, -0.05) is 11.3 Å². The summed E-state index contributed by atoms with van der Waals surface area (Å²) in [6.07, 6.45) is 4.79. The van der Waals surface area contributed by atoms with Gasteiger partial charge in [-0.2, -0.15) is 5.10 Å². The minimum absolute atomic E-state index is 0.382. The molecule has 0 fully saturated rings. The molecule has 0 aliphatic heterocycles. The van der Waals surface area contributed by atoms with Crippen molar-refractivity contribution in [2.24, 2.45) is 0 Å². The van der Waals surface area contributed by atoms with Crippen LogP contribution >= 0.6 is 11.3 Å². The Morgan fingerprint density at radius 2 is 2.47 bits per heavy atom. The molecule has 0 aromatic carbocycles. The molecule has 2 N–H and O–H groups in total. The molecule has 0 amide bonds. The van der Waals surface area contributed by atoms with Crippen LogP contribution in [0.5, 0.6) is 0 Å². The molecule has 78 valence electrons. The molecule has 0 bridgehead atoms. The van der Waals surface area contributed by atoms with Crippen LogP contribution in [0.2, 0.25) is 0 Å². The summed E-state index contributed by atoms with van der Waals surface area (Å²) in [5.41, 5.74) is 0.792. The largest absolute Gasteiger partial charge is 0.465 e. The first-order valence-electron chi connectivity index (χ1n) is 4.09. The van der Waals surface area contributed by atoms with Crippen molar-refractivity contribution in [1.82, 2.24) is 15.2 Å². The lowest BCUT2D eigenvalue weighted by atomic mass is 10.6. The molecule has 0 radical (unpaired) electrons. The lowest BCUT2D eigenvalue weighted by molar-refractivity contribution is 0.0606. The highest BCUT2D eigenvalue weighted by molar-refractivity contribution is 7.17. The Hall–Kier alpha value is -1.89. The Balaban J connectivity index is 2.11. The summed E-state index contributed by atoms with van der Waals surface area (Å²) in [5, 5.41) is 10.0. The van der Waals surface area contributed by atoms with E-state index >= 15 is 0 Å².